The van der Waals surface area contributed by atoms with E-state index in [4.69, 9.17) is 9.47 Å². The molecule has 1 aromatic rings. The minimum absolute atomic E-state index is 0.618. The van der Waals surface area contributed by atoms with E-state index in [-0.39, 0.29) is 0 Å². The van der Waals surface area contributed by atoms with E-state index in [0.29, 0.717) is 19.8 Å². The van der Waals surface area contributed by atoms with Crippen molar-refractivity contribution >= 4 is 5.96 Å². The van der Waals surface area contributed by atoms with Crippen molar-refractivity contribution in [2.45, 2.75) is 6.42 Å². The predicted molar refractivity (Wildman–Crippen MR) is 80.7 cm³/mol. The van der Waals surface area contributed by atoms with Gasteiger partial charge in [-0.15, -0.1) is 6.58 Å². The third-order valence-corrected chi connectivity index (χ3v) is 2.95. The molecule has 5 nitrogen and oxygen atoms in total. The first-order valence-electron chi connectivity index (χ1n) is 6.77. The minimum atomic E-state index is 0.618. The van der Waals surface area contributed by atoms with Gasteiger partial charge in [0.15, 0.2) is 17.5 Å². The van der Waals surface area contributed by atoms with Crippen LogP contribution in [0.15, 0.2) is 35.8 Å². The topological polar surface area (TPSA) is 54.9 Å². The number of nitrogens with one attached hydrogen (secondary N) is 2. The van der Waals surface area contributed by atoms with Gasteiger partial charge in [-0.25, -0.2) is 0 Å². The Bertz CT molecular complexity index is 486. The molecule has 0 atom stereocenters. The fourth-order valence-electron chi connectivity index (χ4n) is 1.96. The molecule has 0 bridgehead atoms. The van der Waals surface area contributed by atoms with Crippen LogP contribution in [-0.2, 0) is 6.42 Å². The van der Waals surface area contributed by atoms with Crippen LogP contribution in [-0.4, -0.2) is 39.3 Å². The molecule has 1 aliphatic rings. The average molecular weight is 275 g/mol. The van der Waals surface area contributed by atoms with Crippen LogP contribution < -0.4 is 20.1 Å². The highest BCUT2D eigenvalue weighted by Crippen LogP contribution is 2.30. The van der Waals surface area contributed by atoms with Crippen molar-refractivity contribution in [2.24, 2.45) is 4.99 Å². The Morgan fingerprint density at radius 1 is 1.30 bits per heavy atom. The SMILES string of the molecule is C=CCNC(=NC)NCCc1ccc2c(c1)OCCO2. The number of benzene rings is 1. The second-order valence-corrected chi connectivity index (χ2v) is 4.40. The molecule has 0 fully saturated rings. The van der Waals surface area contributed by atoms with Crippen molar-refractivity contribution in [3.8, 4) is 11.5 Å². The third-order valence-electron chi connectivity index (χ3n) is 2.95. The van der Waals surface area contributed by atoms with Crippen molar-refractivity contribution in [1.82, 2.24) is 10.6 Å². The van der Waals surface area contributed by atoms with E-state index in [9.17, 15) is 0 Å². The second kappa shape index (κ2) is 7.43. The van der Waals surface area contributed by atoms with Gasteiger partial charge in [0, 0.05) is 20.1 Å². The highest BCUT2D eigenvalue weighted by atomic mass is 16.6. The van der Waals surface area contributed by atoms with Crippen molar-refractivity contribution in [2.75, 3.05) is 33.4 Å². The zero-order valence-corrected chi connectivity index (χ0v) is 11.8. The quantitative estimate of drug-likeness (QED) is 0.484. The van der Waals surface area contributed by atoms with Gasteiger partial charge < -0.3 is 20.1 Å². The first-order chi connectivity index (χ1) is 9.83. The summed E-state index contributed by atoms with van der Waals surface area (Å²) in [4.78, 5) is 4.13. The molecule has 1 aliphatic heterocycles. The summed E-state index contributed by atoms with van der Waals surface area (Å²) in [5.41, 5.74) is 1.21. The Balaban J connectivity index is 1.83. The molecule has 0 spiro atoms. The highest BCUT2D eigenvalue weighted by molar-refractivity contribution is 5.79. The molecule has 20 heavy (non-hydrogen) atoms. The highest BCUT2D eigenvalue weighted by Gasteiger charge is 2.11. The van der Waals surface area contributed by atoms with E-state index in [1.807, 2.05) is 12.1 Å². The van der Waals surface area contributed by atoms with E-state index in [1.54, 1.807) is 13.1 Å². The first-order valence-corrected chi connectivity index (χ1v) is 6.77. The predicted octanol–water partition coefficient (Wildman–Crippen LogP) is 1.35. The van der Waals surface area contributed by atoms with Gasteiger partial charge >= 0.3 is 0 Å². The molecule has 1 aromatic carbocycles. The van der Waals surface area contributed by atoms with Crippen molar-refractivity contribution < 1.29 is 9.47 Å². The summed E-state index contributed by atoms with van der Waals surface area (Å²) >= 11 is 0. The Morgan fingerprint density at radius 3 is 2.85 bits per heavy atom. The van der Waals surface area contributed by atoms with Crippen LogP contribution in [0.25, 0.3) is 0 Å². The molecular formula is C15H21N3O2. The van der Waals surface area contributed by atoms with Crippen LogP contribution >= 0.6 is 0 Å². The second-order valence-electron chi connectivity index (χ2n) is 4.40. The zero-order valence-electron chi connectivity index (χ0n) is 11.8. The molecule has 2 N–H and O–H groups in total. The van der Waals surface area contributed by atoms with Gasteiger partial charge in [-0.3, -0.25) is 4.99 Å². The van der Waals surface area contributed by atoms with Gasteiger partial charge in [-0.05, 0) is 24.1 Å². The van der Waals surface area contributed by atoms with Crippen LogP contribution in [0.5, 0.6) is 11.5 Å². The van der Waals surface area contributed by atoms with Crippen LogP contribution in [0.3, 0.4) is 0 Å². The molecule has 0 saturated heterocycles. The van der Waals surface area contributed by atoms with Gasteiger partial charge in [-0.1, -0.05) is 12.1 Å². The number of aliphatic imine (C=N–C) groups is 1. The Morgan fingerprint density at radius 2 is 2.10 bits per heavy atom. The number of hydrogen-bond donors (Lipinski definition) is 2. The standard InChI is InChI=1S/C15H21N3O2/c1-3-7-17-15(16-2)18-8-6-12-4-5-13-14(11-12)20-10-9-19-13/h3-5,11H,1,6-10H2,2H3,(H2,16,17,18). The lowest BCUT2D eigenvalue weighted by Gasteiger charge is -2.19. The number of ether oxygens (including phenoxy) is 2. The molecule has 0 aromatic heterocycles. The van der Waals surface area contributed by atoms with E-state index >= 15 is 0 Å². The van der Waals surface area contributed by atoms with Crippen molar-refractivity contribution in [3.05, 3.63) is 36.4 Å². The third kappa shape index (κ3) is 3.91. The maximum atomic E-state index is 5.57. The molecule has 2 rings (SSSR count). The van der Waals surface area contributed by atoms with E-state index < -0.39 is 0 Å². The van der Waals surface area contributed by atoms with Gasteiger partial charge in [-0.2, -0.15) is 0 Å². The molecule has 0 radical (unpaired) electrons. The van der Waals surface area contributed by atoms with Crippen molar-refractivity contribution in [1.29, 1.82) is 0 Å². The Hall–Kier alpha value is -2.17. The van der Waals surface area contributed by atoms with Crippen LogP contribution in [0.2, 0.25) is 0 Å². The lowest BCUT2D eigenvalue weighted by molar-refractivity contribution is 0.171. The minimum Gasteiger partial charge on any atom is -0.486 e. The molecule has 0 unspecified atom stereocenters. The lowest BCUT2D eigenvalue weighted by atomic mass is 10.1. The molecule has 0 aliphatic carbocycles. The number of fused-ring (bicyclic) bond motifs is 1. The Labute approximate surface area is 119 Å². The summed E-state index contributed by atoms with van der Waals surface area (Å²) in [6, 6.07) is 6.07. The maximum absolute atomic E-state index is 5.57. The number of guanidine groups is 1. The zero-order chi connectivity index (χ0) is 14.2. The van der Waals surface area contributed by atoms with Gasteiger partial charge in [0.25, 0.3) is 0 Å². The fraction of sp³-hybridized carbons (Fsp3) is 0.400. The summed E-state index contributed by atoms with van der Waals surface area (Å²) < 4.78 is 11.1. The number of nitrogens with zero attached hydrogens (tertiary/aromatic N) is 1. The largest absolute Gasteiger partial charge is 0.486 e. The van der Waals surface area contributed by atoms with Gasteiger partial charge in [0.2, 0.25) is 0 Å². The van der Waals surface area contributed by atoms with Crippen molar-refractivity contribution in [3.63, 3.8) is 0 Å². The summed E-state index contributed by atoms with van der Waals surface area (Å²) in [6.45, 7) is 6.41. The first kappa shape index (κ1) is 14.2. The van der Waals surface area contributed by atoms with E-state index in [2.05, 4.69) is 28.3 Å². The molecule has 5 heteroatoms. The summed E-state index contributed by atoms with van der Waals surface area (Å²) in [6.07, 6.45) is 2.69. The average Bonchev–Trinajstić information content (AvgIpc) is 2.50. The number of hydrogen-bond acceptors (Lipinski definition) is 3. The monoisotopic (exact) mass is 275 g/mol. The summed E-state index contributed by atoms with van der Waals surface area (Å²) in [7, 11) is 1.75. The molecule has 108 valence electrons. The van der Waals surface area contributed by atoms with E-state index in [1.165, 1.54) is 5.56 Å². The van der Waals surface area contributed by atoms with Gasteiger partial charge in [0.1, 0.15) is 13.2 Å². The smallest absolute Gasteiger partial charge is 0.191 e. The maximum Gasteiger partial charge on any atom is 0.191 e. The number of rotatable bonds is 5. The van der Waals surface area contributed by atoms with Crippen LogP contribution in [0, 0.1) is 0 Å². The normalized spacial score (nSPS) is 13.8. The molecule has 1 heterocycles. The fourth-order valence-corrected chi connectivity index (χ4v) is 1.96. The summed E-state index contributed by atoms with van der Waals surface area (Å²) in [5, 5.41) is 6.38. The van der Waals surface area contributed by atoms with E-state index in [0.717, 1.165) is 30.4 Å². The Kier molecular flexibility index (Phi) is 5.29. The van der Waals surface area contributed by atoms with Crippen LogP contribution in [0.1, 0.15) is 5.56 Å². The summed E-state index contributed by atoms with van der Waals surface area (Å²) in [5.74, 6) is 2.45. The molecule has 0 amide bonds. The molecule has 0 saturated carbocycles. The van der Waals surface area contributed by atoms with Gasteiger partial charge in [0.05, 0.1) is 0 Å². The lowest BCUT2D eigenvalue weighted by Crippen LogP contribution is -2.38. The van der Waals surface area contributed by atoms with Crippen LogP contribution in [0.4, 0.5) is 0 Å². The molecular weight excluding hydrogens is 254 g/mol.